The van der Waals surface area contributed by atoms with Crippen LogP contribution in [0.5, 0.6) is 0 Å². The number of amides is 1. The normalized spacial score (nSPS) is 27.1. The predicted octanol–water partition coefficient (Wildman–Crippen LogP) is 4.47. The summed E-state index contributed by atoms with van der Waals surface area (Å²) < 4.78 is 12.0. The van der Waals surface area contributed by atoms with Gasteiger partial charge in [-0.15, -0.1) is 0 Å². The number of hydrogen-bond donors (Lipinski definition) is 2. The van der Waals surface area contributed by atoms with Crippen molar-refractivity contribution in [3.8, 4) is 0 Å². The minimum Gasteiger partial charge on any atom is -0.444 e. The summed E-state index contributed by atoms with van der Waals surface area (Å²) in [6, 6.07) is -0.243. The molecule has 1 saturated heterocycles. The van der Waals surface area contributed by atoms with E-state index < -0.39 is 28.9 Å². The summed E-state index contributed by atoms with van der Waals surface area (Å²) in [6.07, 6.45) is 5.60. The molecule has 1 aliphatic carbocycles. The molecule has 0 aromatic heterocycles. The number of carbonyl (C=O) groups excluding carboxylic acids is 1. The maximum absolute atomic E-state index is 13.1. The highest BCUT2D eigenvalue weighted by Gasteiger charge is 2.54. The first-order chi connectivity index (χ1) is 13.3. The molecule has 3 atom stereocenters. The molecule has 170 valence electrons. The van der Waals surface area contributed by atoms with Crippen LogP contribution in [0.3, 0.4) is 0 Å². The van der Waals surface area contributed by atoms with Crippen molar-refractivity contribution in [2.24, 2.45) is 11.3 Å². The lowest BCUT2D eigenvalue weighted by molar-refractivity contribution is -0.110. The number of rotatable bonds is 6. The van der Waals surface area contributed by atoms with Crippen molar-refractivity contribution in [3.05, 3.63) is 0 Å². The van der Waals surface area contributed by atoms with E-state index in [9.17, 15) is 15.0 Å². The number of hydrogen-bond acceptors (Lipinski definition) is 5. The fraction of sp³-hybridized carbons (Fsp3) is 0.957. The van der Waals surface area contributed by atoms with Crippen LogP contribution >= 0.6 is 0 Å². The van der Waals surface area contributed by atoms with Crippen LogP contribution in [0.4, 0.5) is 4.79 Å². The molecule has 0 bridgehead atoms. The van der Waals surface area contributed by atoms with Crippen LogP contribution in [-0.4, -0.2) is 57.4 Å². The average molecular weight is 414 g/mol. The fourth-order valence-electron chi connectivity index (χ4n) is 4.77. The monoisotopic (exact) mass is 413 g/mol. The first kappa shape index (κ1) is 24.4. The van der Waals surface area contributed by atoms with Gasteiger partial charge in [0.05, 0.1) is 12.1 Å². The molecule has 2 fully saturated rings. The first-order valence-electron chi connectivity index (χ1n) is 11.2. The molecular formula is C23H43NO5. The van der Waals surface area contributed by atoms with E-state index in [1.807, 2.05) is 48.5 Å². The van der Waals surface area contributed by atoms with Crippen molar-refractivity contribution in [1.29, 1.82) is 0 Å². The van der Waals surface area contributed by atoms with Gasteiger partial charge in [-0.2, -0.15) is 0 Å². The number of aliphatic hydroxyl groups is 2. The minimum atomic E-state index is -0.864. The van der Waals surface area contributed by atoms with Crippen LogP contribution in [-0.2, 0) is 9.47 Å². The molecule has 1 saturated carbocycles. The molecule has 1 amide bonds. The van der Waals surface area contributed by atoms with Gasteiger partial charge in [-0.05, 0) is 58.8 Å². The largest absolute Gasteiger partial charge is 0.444 e. The third kappa shape index (κ3) is 6.56. The Bertz CT molecular complexity index is 548. The topological polar surface area (TPSA) is 79.2 Å². The van der Waals surface area contributed by atoms with Crippen LogP contribution in [0.15, 0.2) is 0 Å². The second-order valence-corrected chi connectivity index (χ2v) is 11.3. The van der Waals surface area contributed by atoms with E-state index in [-0.39, 0.29) is 18.7 Å². The Balaban J connectivity index is 2.29. The Morgan fingerprint density at radius 2 is 1.76 bits per heavy atom. The molecule has 2 aliphatic rings. The molecule has 6 nitrogen and oxygen atoms in total. The summed E-state index contributed by atoms with van der Waals surface area (Å²) in [5.41, 5.74) is -1.88. The van der Waals surface area contributed by atoms with Crippen LogP contribution < -0.4 is 0 Å². The lowest BCUT2D eigenvalue weighted by Gasteiger charge is -2.37. The van der Waals surface area contributed by atoms with E-state index in [2.05, 4.69) is 0 Å². The second kappa shape index (κ2) is 9.11. The molecule has 1 aliphatic heterocycles. The number of carbonyl (C=O) groups is 1. The van der Waals surface area contributed by atoms with Crippen LogP contribution in [0.25, 0.3) is 0 Å². The Morgan fingerprint density at radius 1 is 1.17 bits per heavy atom. The van der Waals surface area contributed by atoms with Gasteiger partial charge in [0.15, 0.2) is 0 Å². The zero-order valence-corrected chi connectivity index (χ0v) is 19.5. The third-order valence-electron chi connectivity index (χ3n) is 6.17. The van der Waals surface area contributed by atoms with Gasteiger partial charge in [-0.25, -0.2) is 4.79 Å². The standard InChI is InChI=1S/C23H43NO5/c1-21(2,3)29-20(27)24-17(13-16-11-9-8-10-12-16)19(28-23(24,6)7)18(26)14-22(4,5)15-25/h16-19,25-26H,8-15H2,1-7H3. The SMILES string of the molecule is CC(C)(CO)CC(O)C1OC(C)(C)N(C(=O)OC(C)(C)C)C1CC1CCCCC1. The summed E-state index contributed by atoms with van der Waals surface area (Å²) >= 11 is 0. The Morgan fingerprint density at radius 3 is 2.28 bits per heavy atom. The van der Waals surface area contributed by atoms with Gasteiger partial charge in [0.25, 0.3) is 0 Å². The van der Waals surface area contributed by atoms with Crippen molar-refractivity contribution in [2.45, 2.75) is 123 Å². The van der Waals surface area contributed by atoms with E-state index in [0.717, 1.165) is 19.3 Å². The van der Waals surface area contributed by atoms with Crippen LogP contribution in [0.2, 0.25) is 0 Å². The van der Waals surface area contributed by atoms with E-state index in [4.69, 9.17) is 9.47 Å². The van der Waals surface area contributed by atoms with Gasteiger partial charge in [-0.1, -0.05) is 46.0 Å². The fourth-order valence-corrected chi connectivity index (χ4v) is 4.77. The molecule has 3 unspecified atom stereocenters. The molecule has 0 radical (unpaired) electrons. The molecule has 0 spiro atoms. The maximum Gasteiger partial charge on any atom is 0.412 e. The number of ether oxygens (including phenoxy) is 2. The average Bonchev–Trinajstić information content (AvgIpc) is 2.84. The van der Waals surface area contributed by atoms with E-state index in [0.29, 0.717) is 12.3 Å². The lowest BCUT2D eigenvalue weighted by Crippen LogP contribution is -2.51. The summed E-state index contributed by atoms with van der Waals surface area (Å²) in [7, 11) is 0. The van der Waals surface area contributed by atoms with E-state index >= 15 is 0 Å². The van der Waals surface area contributed by atoms with Crippen molar-refractivity contribution >= 4 is 6.09 Å². The van der Waals surface area contributed by atoms with Crippen LogP contribution in [0, 0.1) is 11.3 Å². The zero-order valence-electron chi connectivity index (χ0n) is 19.5. The number of aliphatic hydroxyl groups excluding tert-OH is 2. The van der Waals surface area contributed by atoms with Crippen molar-refractivity contribution in [3.63, 3.8) is 0 Å². The van der Waals surface area contributed by atoms with Crippen LogP contribution in [0.1, 0.15) is 93.4 Å². The molecule has 1 heterocycles. The van der Waals surface area contributed by atoms with Gasteiger partial charge in [-0.3, -0.25) is 4.90 Å². The van der Waals surface area contributed by atoms with Gasteiger partial charge >= 0.3 is 6.09 Å². The smallest absolute Gasteiger partial charge is 0.412 e. The van der Waals surface area contributed by atoms with Crippen molar-refractivity contribution in [1.82, 2.24) is 4.90 Å². The Kier molecular flexibility index (Phi) is 7.67. The minimum absolute atomic E-state index is 0.0107. The van der Waals surface area contributed by atoms with Crippen molar-refractivity contribution < 1.29 is 24.5 Å². The quantitative estimate of drug-likeness (QED) is 0.672. The molecule has 2 N–H and O–H groups in total. The summed E-state index contributed by atoms with van der Waals surface area (Å²) in [6.45, 7) is 13.2. The summed E-state index contributed by atoms with van der Waals surface area (Å²) in [4.78, 5) is 14.9. The molecule has 6 heteroatoms. The third-order valence-corrected chi connectivity index (χ3v) is 6.17. The van der Waals surface area contributed by atoms with Gasteiger partial charge in [0.2, 0.25) is 0 Å². The molecule has 0 aromatic rings. The van der Waals surface area contributed by atoms with Crippen molar-refractivity contribution in [2.75, 3.05) is 6.61 Å². The highest BCUT2D eigenvalue weighted by Crippen LogP contribution is 2.41. The zero-order chi connectivity index (χ0) is 22.0. The molecule has 2 rings (SSSR count). The number of nitrogens with zero attached hydrogens (tertiary/aromatic N) is 1. The summed E-state index contributed by atoms with van der Waals surface area (Å²) in [5, 5.41) is 20.7. The van der Waals surface area contributed by atoms with Gasteiger partial charge in [0, 0.05) is 6.61 Å². The summed E-state index contributed by atoms with van der Waals surface area (Å²) in [5.74, 6) is 0.525. The first-order valence-corrected chi connectivity index (χ1v) is 11.2. The second-order valence-electron chi connectivity index (χ2n) is 11.3. The van der Waals surface area contributed by atoms with E-state index in [1.54, 1.807) is 4.90 Å². The predicted molar refractivity (Wildman–Crippen MR) is 113 cm³/mol. The maximum atomic E-state index is 13.1. The molecular weight excluding hydrogens is 370 g/mol. The molecule has 0 aromatic carbocycles. The Labute approximate surface area is 176 Å². The van der Waals surface area contributed by atoms with E-state index in [1.165, 1.54) is 19.3 Å². The molecule has 29 heavy (non-hydrogen) atoms. The van der Waals surface area contributed by atoms with Gasteiger partial charge in [0.1, 0.15) is 17.4 Å². The Hall–Kier alpha value is -0.850. The highest BCUT2D eigenvalue weighted by atomic mass is 16.6. The van der Waals surface area contributed by atoms with Gasteiger partial charge < -0.3 is 19.7 Å². The highest BCUT2D eigenvalue weighted by molar-refractivity contribution is 5.70. The lowest BCUT2D eigenvalue weighted by atomic mass is 9.80.